The van der Waals surface area contributed by atoms with Gasteiger partial charge in [-0.05, 0) is 47.6 Å². The molecule has 1 aliphatic heterocycles. The minimum Gasteiger partial charge on any atom is -0.298 e. The van der Waals surface area contributed by atoms with E-state index in [9.17, 15) is 8.42 Å². The standard InChI is InChI=1S/C13H18BrClN2O2S/c1-3-16-6-7-17(9-10(16)2)20(18,19)11-4-5-13(15)12(14)8-11/h4-5,8,10H,3,6-7,9H2,1-2H3. The SMILES string of the molecule is CCN1CCN(S(=O)(=O)c2ccc(Cl)c(Br)c2)CC1C. The van der Waals surface area contributed by atoms with Gasteiger partial charge >= 0.3 is 0 Å². The summed E-state index contributed by atoms with van der Waals surface area (Å²) < 4.78 is 27.4. The predicted molar refractivity (Wildman–Crippen MR) is 84.6 cm³/mol. The normalized spacial score (nSPS) is 22.1. The van der Waals surface area contributed by atoms with E-state index >= 15 is 0 Å². The van der Waals surface area contributed by atoms with E-state index in [0.29, 0.717) is 22.6 Å². The second kappa shape index (κ2) is 6.32. The number of likely N-dealkylation sites (N-methyl/N-ethyl adjacent to an activating group) is 1. The number of halogens is 2. The molecule has 0 amide bonds. The molecule has 0 spiro atoms. The first kappa shape index (κ1) is 16.2. The number of hydrogen-bond donors (Lipinski definition) is 0. The van der Waals surface area contributed by atoms with E-state index in [2.05, 4.69) is 34.7 Å². The summed E-state index contributed by atoms with van der Waals surface area (Å²) in [6.07, 6.45) is 0. The molecule has 1 aliphatic rings. The maximum atomic E-state index is 12.6. The molecule has 0 N–H and O–H groups in total. The van der Waals surface area contributed by atoms with Crippen LogP contribution in [0.4, 0.5) is 0 Å². The molecule has 0 radical (unpaired) electrons. The topological polar surface area (TPSA) is 40.6 Å². The molecule has 112 valence electrons. The largest absolute Gasteiger partial charge is 0.298 e. The molecule has 1 fully saturated rings. The zero-order valence-corrected chi connectivity index (χ0v) is 14.7. The van der Waals surface area contributed by atoms with E-state index < -0.39 is 10.0 Å². The zero-order chi connectivity index (χ0) is 14.9. The maximum absolute atomic E-state index is 12.6. The lowest BCUT2D eigenvalue weighted by Crippen LogP contribution is -2.53. The Hall–Kier alpha value is -0.140. The van der Waals surface area contributed by atoms with Gasteiger partial charge in [-0.3, -0.25) is 4.90 Å². The summed E-state index contributed by atoms with van der Waals surface area (Å²) in [7, 11) is -3.45. The van der Waals surface area contributed by atoms with E-state index in [4.69, 9.17) is 11.6 Å². The van der Waals surface area contributed by atoms with Crippen LogP contribution in [0.3, 0.4) is 0 Å². The van der Waals surface area contributed by atoms with E-state index in [1.165, 1.54) is 0 Å². The number of rotatable bonds is 3. The van der Waals surface area contributed by atoms with Gasteiger partial charge in [0.15, 0.2) is 0 Å². The second-order valence-corrected chi connectivity index (χ2v) is 8.12. The molecule has 4 nitrogen and oxygen atoms in total. The van der Waals surface area contributed by atoms with Crippen LogP contribution < -0.4 is 0 Å². The highest BCUT2D eigenvalue weighted by Gasteiger charge is 2.31. The smallest absolute Gasteiger partial charge is 0.243 e. The van der Waals surface area contributed by atoms with Crippen molar-refractivity contribution in [1.82, 2.24) is 9.21 Å². The Kier molecular flexibility index (Phi) is 5.13. The van der Waals surface area contributed by atoms with E-state index in [0.717, 1.165) is 13.1 Å². The van der Waals surface area contributed by atoms with Gasteiger partial charge in [0, 0.05) is 30.1 Å². The highest BCUT2D eigenvalue weighted by molar-refractivity contribution is 9.10. The third kappa shape index (κ3) is 3.20. The lowest BCUT2D eigenvalue weighted by Gasteiger charge is -2.38. The summed E-state index contributed by atoms with van der Waals surface area (Å²) in [5, 5.41) is 0.508. The Morgan fingerprint density at radius 3 is 2.65 bits per heavy atom. The fourth-order valence-electron chi connectivity index (χ4n) is 2.44. The molecular weight excluding hydrogens is 364 g/mol. The van der Waals surface area contributed by atoms with Gasteiger partial charge in [0.25, 0.3) is 0 Å². The fourth-order valence-corrected chi connectivity index (χ4v) is 4.62. The molecule has 1 aromatic carbocycles. The van der Waals surface area contributed by atoms with Crippen molar-refractivity contribution in [2.24, 2.45) is 0 Å². The summed E-state index contributed by atoms with van der Waals surface area (Å²) in [4.78, 5) is 2.56. The quantitative estimate of drug-likeness (QED) is 0.808. The molecule has 1 saturated heterocycles. The first-order chi connectivity index (χ1) is 9.36. The van der Waals surface area contributed by atoms with Crippen molar-refractivity contribution in [1.29, 1.82) is 0 Å². The Bertz CT molecular complexity index is 594. The number of nitrogens with zero attached hydrogens (tertiary/aromatic N) is 2. The molecule has 1 heterocycles. The molecule has 2 rings (SSSR count). The summed E-state index contributed by atoms with van der Waals surface area (Å²) >= 11 is 9.19. The van der Waals surface area contributed by atoms with Gasteiger partial charge in [-0.25, -0.2) is 8.42 Å². The molecule has 7 heteroatoms. The number of benzene rings is 1. The molecule has 20 heavy (non-hydrogen) atoms. The Balaban J connectivity index is 2.25. The lowest BCUT2D eigenvalue weighted by molar-refractivity contribution is 0.135. The average Bonchev–Trinajstić information content (AvgIpc) is 2.41. The molecule has 1 atom stereocenters. The molecular formula is C13H18BrClN2O2S. The van der Waals surface area contributed by atoms with Crippen LogP contribution in [0.15, 0.2) is 27.6 Å². The van der Waals surface area contributed by atoms with Gasteiger partial charge in [-0.2, -0.15) is 4.31 Å². The van der Waals surface area contributed by atoms with Crippen molar-refractivity contribution in [2.45, 2.75) is 24.8 Å². The number of sulfonamides is 1. The maximum Gasteiger partial charge on any atom is 0.243 e. The molecule has 1 unspecified atom stereocenters. The highest BCUT2D eigenvalue weighted by Crippen LogP contribution is 2.27. The van der Waals surface area contributed by atoms with Crippen LogP contribution in [0.1, 0.15) is 13.8 Å². The Morgan fingerprint density at radius 1 is 1.40 bits per heavy atom. The average molecular weight is 382 g/mol. The fraction of sp³-hybridized carbons (Fsp3) is 0.538. The second-order valence-electron chi connectivity index (χ2n) is 4.92. The van der Waals surface area contributed by atoms with Crippen LogP contribution in [0.5, 0.6) is 0 Å². The molecule has 0 aliphatic carbocycles. The summed E-state index contributed by atoms with van der Waals surface area (Å²) in [6, 6.07) is 4.96. The van der Waals surface area contributed by atoms with Crippen molar-refractivity contribution in [3.05, 3.63) is 27.7 Å². The first-order valence-electron chi connectivity index (χ1n) is 6.55. The first-order valence-corrected chi connectivity index (χ1v) is 9.16. The molecule has 0 aromatic heterocycles. The van der Waals surface area contributed by atoms with E-state index in [1.54, 1.807) is 22.5 Å². The summed E-state index contributed by atoms with van der Waals surface area (Å²) in [5.74, 6) is 0. The van der Waals surface area contributed by atoms with E-state index in [1.807, 2.05) is 0 Å². The monoisotopic (exact) mass is 380 g/mol. The van der Waals surface area contributed by atoms with Gasteiger partial charge in [0.05, 0.1) is 9.92 Å². The number of piperazine rings is 1. The third-order valence-electron chi connectivity index (χ3n) is 3.66. The van der Waals surface area contributed by atoms with Gasteiger partial charge in [0.1, 0.15) is 0 Å². The Morgan fingerprint density at radius 2 is 2.10 bits per heavy atom. The van der Waals surface area contributed by atoms with Gasteiger partial charge in [-0.15, -0.1) is 0 Å². The Labute approximate surface area is 133 Å². The van der Waals surface area contributed by atoms with Gasteiger partial charge in [0.2, 0.25) is 10.0 Å². The minimum atomic E-state index is -3.45. The van der Waals surface area contributed by atoms with Crippen LogP contribution >= 0.6 is 27.5 Å². The predicted octanol–water partition coefficient (Wildman–Crippen LogP) is 2.82. The van der Waals surface area contributed by atoms with Crippen LogP contribution in [0.25, 0.3) is 0 Å². The van der Waals surface area contributed by atoms with Crippen molar-refractivity contribution in [2.75, 3.05) is 26.2 Å². The highest BCUT2D eigenvalue weighted by atomic mass is 79.9. The van der Waals surface area contributed by atoms with Crippen molar-refractivity contribution in [3.63, 3.8) is 0 Å². The molecule has 0 bridgehead atoms. The van der Waals surface area contributed by atoms with Gasteiger partial charge in [-0.1, -0.05) is 18.5 Å². The minimum absolute atomic E-state index is 0.235. The van der Waals surface area contributed by atoms with Crippen molar-refractivity contribution < 1.29 is 8.42 Å². The van der Waals surface area contributed by atoms with Crippen LogP contribution in [-0.4, -0.2) is 49.8 Å². The van der Waals surface area contributed by atoms with Crippen molar-refractivity contribution in [3.8, 4) is 0 Å². The van der Waals surface area contributed by atoms with Crippen LogP contribution in [-0.2, 0) is 10.0 Å². The molecule has 0 saturated carbocycles. The van der Waals surface area contributed by atoms with Crippen molar-refractivity contribution >= 4 is 37.6 Å². The third-order valence-corrected chi connectivity index (χ3v) is 6.74. The van der Waals surface area contributed by atoms with Crippen LogP contribution in [0.2, 0.25) is 5.02 Å². The molecule has 1 aromatic rings. The zero-order valence-electron chi connectivity index (χ0n) is 11.5. The van der Waals surface area contributed by atoms with E-state index in [-0.39, 0.29) is 10.9 Å². The lowest BCUT2D eigenvalue weighted by atomic mass is 10.2. The summed E-state index contributed by atoms with van der Waals surface area (Å²) in [6.45, 7) is 6.92. The number of hydrogen-bond acceptors (Lipinski definition) is 3. The summed E-state index contributed by atoms with van der Waals surface area (Å²) in [5.41, 5.74) is 0. The van der Waals surface area contributed by atoms with Crippen LogP contribution in [0, 0.1) is 0 Å². The van der Waals surface area contributed by atoms with Gasteiger partial charge < -0.3 is 0 Å².